The minimum Gasteiger partial charge on any atom is -0.341 e. The molecule has 0 saturated carbocycles. The van der Waals surface area contributed by atoms with Crippen LogP contribution in [0.3, 0.4) is 0 Å². The number of hydrogen-bond acceptors (Lipinski definition) is 5. The van der Waals surface area contributed by atoms with Gasteiger partial charge in [-0.15, -0.1) is 10.2 Å². The molecular weight excluding hydrogens is 382 g/mol. The molecule has 0 aliphatic rings. The molecule has 2 aromatic heterocycles. The first-order chi connectivity index (χ1) is 14.1. The molecule has 0 radical (unpaired) electrons. The molecule has 4 rings (SSSR count). The largest absolute Gasteiger partial charge is 0.341 e. The molecule has 0 saturated heterocycles. The Labute approximate surface area is 173 Å². The van der Waals surface area contributed by atoms with E-state index in [0.717, 1.165) is 34.2 Å². The summed E-state index contributed by atoms with van der Waals surface area (Å²) in [6, 6.07) is 16.2. The molecule has 0 unspecified atom stereocenters. The van der Waals surface area contributed by atoms with Crippen molar-refractivity contribution in [3.63, 3.8) is 0 Å². The van der Waals surface area contributed by atoms with Gasteiger partial charge >= 0.3 is 0 Å². The van der Waals surface area contributed by atoms with E-state index in [2.05, 4.69) is 46.8 Å². The van der Waals surface area contributed by atoms with Crippen molar-refractivity contribution in [3.8, 4) is 0 Å². The lowest BCUT2D eigenvalue weighted by Gasteiger charge is -2.18. The number of rotatable bonds is 6. The Balaban J connectivity index is 1.50. The molecular formula is C22H23N5OS. The molecule has 0 spiro atoms. The standard InChI is InChI=1S/C22H23N5OS/c1-4-27-18-12-8-7-11-17(18)20-21(27)23-22(25-24-20)29-14-19(28)26(3)13-16-10-6-5-9-15(16)2/h5-12H,4,13-14H2,1-3H3. The highest BCUT2D eigenvalue weighted by Gasteiger charge is 2.16. The van der Waals surface area contributed by atoms with Crippen LogP contribution in [-0.4, -0.2) is 43.4 Å². The number of aryl methyl sites for hydroxylation is 2. The smallest absolute Gasteiger partial charge is 0.233 e. The van der Waals surface area contributed by atoms with Gasteiger partial charge in [0.2, 0.25) is 11.1 Å². The Morgan fingerprint density at radius 2 is 1.86 bits per heavy atom. The number of carbonyl (C=O) groups is 1. The Bertz CT molecular complexity index is 1190. The summed E-state index contributed by atoms with van der Waals surface area (Å²) in [7, 11) is 1.83. The maximum atomic E-state index is 12.6. The number of amides is 1. The van der Waals surface area contributed by atoms with Gasteiger partial charge in [-0.3, -0.25) is 4.79 Å². The molecule has 4 aromatic rings. The molecule has 0 atom stereocenters. The number of thioether (sulfide) groups is 1. The third kappa shape index (κ3) is 3.82. The molecule has 0 N–H and O–H groups in total. The molecule has 148 valence electrons. The molecule has 29 heavy (non-hydrogen) atoms. The van der Waals surface area contributed by atoms with Gasteiger partial charge in [-0.2, -0.15) is 0 Å². The highest BCUT2D eigenvalue weighted by molar-refractivity contribution is 7.99. The van der Waals surface area contributed by atoms with Gasteiger partial charge in [-0.1, -0.05) is 54.2 Å². The number of nitrogens with zero attached hydrogens (tertiary/aromatic N) is 5. The Kier molecular flexibility index (Phi) is 5.49. The van der Waals surface area contributed by atoms with Crippen molar-refractivity contribution in [2.24, 2.45) is 0 Å². The second-order valence-electron chi connectivity index (χ2n) is 6.99. The van der Waals surface area contributed by atoms with Crippen LogP contribution < -0.4 is 0 Å². The lowest BCUT2D eigenvalue weighted by molar-refractivity contribution is -0.127. The van der Waals surface area contributed by atoms with Crippen LogP contribution in [0.4, 0.5) is 0 Å². The van der Waals surface area contributed by atoms with Gasteiger partial charge in [0.05, 0.1) is 11.3 Å². The molecule has 0 aliphatic heterocycles. The normalized spacial score (nSPS) is 11.3. The van der Waals surface area contributed by atoms with E-state index in [-0.39, 0.29) is 11.7 Å². The van der Waals surface area contributed by atoms with Gasteiger partial charge in [-0.05, 0) is 31.0 Å². The van der Waals surface area contributed by atoms with E-state index in [9.17, 15) is 4.79 Å². The summed E-state index contributed by atoms with van der Waals surface area (Å²) < 4.78 is 2.13. The zero-order chi connectivity index (χ0) is 20.4. The van der Waals surface area contributed by atoms with Crippen molar-refractivity contribution in [1.82, 2.24) is 24.6 Å². The number of aromatic nitrogens is 4. The SMILES string of the molecule is CCn1c2ccccc2c2nnc(SCC(=O)N(C)Cc3ccccc3C)nc21. The fourth-order valence-corrected chi connectivity index (χ4v) is 4.16. The third-order valence-corrected chi connectivity index (χ3v) is 5.91. The predicted molar refractivity (Wildman–Crippen MR) is 117 cm³/mol. The molecule has 0 bridgehead atoms. The summed E-state index contributed by atoms with van der Waals surface area (Å²) in [6.45, 7) is 5.54. The minimum atomic E-state index is 0.0398. The average Bonchev–Trinajstić information content (AvgIpc) is 3.06. The van der Waals surface area contributed by atoms with E-state index in [4.69, 9.17) is 4.98 Å². The van der Waals surface area contributed by atoms with Gasteiger partial charge in [-0.25, -0.2) is 4.98 Å². The third-order valence-electron chi connectivity index (χ3n) is 5.09. The molecule has 6 nitrogen and oxygen atoms in total. The first-order valence-electron chi connectivity index (χ1n) is 9.61. The molecule has 2 heterocycles. The van der Waals surface area contributed by atoms with E-state index >= 15 is 0 Å². The van der Waals surface area contributed by atoms with Crippen molar-refractivity contribution < 1.29 is 4.79 Å². The van der Waals surface area contributed by atoms with E-state index < -0.39 is 0 Å². The summed E-state index contributed by atoms with van der Waals surface area (Å²) >= 11 is 1.33. The lowest BCUT2D eigenvalue weighted by atomic mass is 10.1. The van der Waals surface area contributed by atoms with Crippen LogP contribution >= 0.6 is 11.8 Å². The fourth-order valence-electron chi connectivity index (χ4n) is 3.44. The van der Waals surface area contributed by atoms with Gasteiger partial charge in [0.15, 0.2) is 5.65 Å². The Morgan fingerprint density at radius 1 is 1.10 bits per heavy atom. The zero-order valence-corrected chi connectivity index (χ0v) is 17.6. The second-order valence-corrected chi connectivity index (χ2v) is 7.94. The molecule has 0 fully saturated rings. The van der Waals surface area contributed by atoms with E-state index in [1.807, 2.05) is 37.4 Å². The molecule has 0 aliphatic carbocycles. The number of para-hydroxylation sites is 1. The first kappa shape index (κ1) is 19.4. The summed E-state index contributed by atoms with van der Waals surface area (Å²) in [5.41, 5.74) is 5.05. The fraction of sp³-hybridized carbons (Fsp3) is 0.273. The molecule has 2 aromatic carbocycles. The number of fused-ring (bicyclic) bond motifs is 3. The minimum absolute atomic E-state index is 0.0398. The van der Waals surface area contributed by atoms with Gasteiger partial charge < -0.3 is 9.47 Å². The second kappa shape index (κ2) is 8.21. The highest BCUT2D eigenvalue weighted by Crippen LogP contribution is 2.27. The van der Waals surface area contributed by atoms with Crippen molar-refractivity contribution in [1.29, 1.82) is 0 Å². The summed E-state index contributed by atoms with van der Waals surface area (Å²) in [4.78, 5) is 19.0. The highest BCUT2D eigenvalue weighted by atomic mass is 32.2. The average molecular weight is 406 g/mol. The van der Waals surface area contributed by atoms with Gasteiger partial charge in [0, 0.05) is 25.5 Å². The van der Waals surface area contributed by atoms with E-state index in [0.29, 0.717) is 11.7 Å². The Hall–Kier alpha value is -2.93. The van der Waals surface area contributed by atoms with Crippen LogP contribution in [0.5, 0.6) is 0 Å². The monoisotopic (exact) mass is 405 g/mol. The van der Waals surface area contributed by atoms with Gasteiger partial charge in [0.1, 0.15) is 5.52 Å². The predicted octanol–water partition coefficient (Wildman–Crippen LogP) is 4.06. The topological polar surface area (TPSA) is 63.9 Å². The van der Waals surface area contributed by atoms with Crippen molar-refractivity contribution in [3.05, 3.63) is 59.7 Å². The quantitative estimate of drug-likeness (QED) is 0.453. The number of benzene rings is 2. The maximum absolute atomic E-state index is 12.6. The maximum Gasteiger partial charge on any atom is 0.233 e. The van der Waals surface area contributed by atoms with Crippen molar-refractivity contribution in [2.45, 2.75) is 32.1 Å². The van der Waals surface area contributed by atoms with Crippen LogP contribution in [0.2, 0.25) is 0 Å². The van der Waals surface area contributed by atoms with E-state index in [1.54, 1.807) is 4.90 Å². The van der Waals surface area contributed by atoms with Crippen LogP contribution in [0.15, 0.2) is 53.7 Å². The van der Waals surface area contributed by atoms with Crippen LogP contribution in [0.1, 0.15) is 18.1 Å². The van der Waals surface area contributed by atoms with Crippen molar-refractivity contribution in [2.75, 3.05) is 12.8 Å². The first-order valence-corrected chi connectivity index (χ1v) is 10.6. The van der Waals surface area contributed by atoms with Crippen LogP contribution in [-0.2, 0) is 17.9 Å². The number of carbonyl (C=O) groups excluding carboxylic acids is 1. The Morgan fingerprint density at radius 3 is 2.66 bits per heavy atom. The number of hydrogen-bond donors (Lipinski definition) is 0. The van der Waals surface area contributed by atoms with E-state index in [1.165, 1.54) is 17.3 Å². The van der Waals surface area contributed by atoms with Gasteiger partial charge in [0.25, 0.3) is 0 Å². The molecule has 1 amide bonds. The summed E-state index contributed by atoms with van der Waals surface area (Å²) in [6.07, 6.45) is 0. The molecule has 7 heteroatoms. The summed E-state index contributed by atoms with van der Waals surface area (Å²) in [5.74, 6) is 0.319. The van der Waals surface area contributed by atoms with Crippen LogP contribution in [0.25, 0.3) is 22.1 Å². The lowest BCUT2D eigenvalue weighted by Crippen LogP contribution is -2.28. The summed E-state index contributed by atoms with van der Waals surface area (Å²) in [5, 5.41) is 10.2. The van der Waals surface area contributed by atoms with Crippen molar-refractivity contribution >= 4 is 39.7 Å². The zero-order valence-electron chi connectivity index (χ0n) is 16.8. The van der Waals surface area contributed by atoms with Crippen LogP contribution in [0, 0.1) is 6.92 Å².